The quantitative estimate of drug-likeness (QED) is 0.251. The highest BCUT2D eigenvalue weighted by Gasteiger charge is 2.08. The number of halogens is 1. The van der Waals surface area contributed by atoms with E-state index < -0.39 is 0 Å². The van der Waals surface area contributed by atoms with Crippen molar-refractivity contribution in [2.45, 2.75) is 26.3 Å². The van der Waals surface area contributed by atoms with Crippen LogP contribution in [0.3, 0.4) is 0 Å². The smallest absolute Gasteiger partial charge is 0.193 e. The van der Waals surface area contributed by atoms with Crippen molar-refractivity contribution in [2.24, 2.45) is 4.99 Å². The summed E-state index contributed by atoms with van der Waals surface area (Å²) < 4.78 is 1.91. The molecular weight excluding hydrogens is 457 g/mol. The van der Waals surface area contributed by atoms with Gasteiger partial charge in [0.05, 0.1) is 11.9 Å². The van der Waals surface area contributed by atoms with Crippen LogP contribution in [0.4, 0.5) is 0 Å². The van der Waals surface area contributed by atoms with Crippen molar-refractivity contribution < 1.29 is 0 Å². The summed E-state index contributed by atoms with van der Waals surface area (Å²) in [5.41, 5.74) is 2.24. The number of aromatic nitrogens is 2. The molecule has 1 heterocycles. The van der Waals surface area contributed by atoms with Crippen molar-refractivity contribution in [2.75, 3.05) is 32.1 Å². The van der Waals surface area contributed by atoms with E-state index in [0.29, 0.717) is 0 Å². The highest BCUT2D eigenvalue weighted by molar-refractivity contribution is 14.0. The Balaban J connectivity index is 0.00000338. The summed E-state index contributed by atoms with van der Waals surface area (Å²) in [7, 11) is 2.07. The van der Waals surface area contributed by atoms with Gasteiger partial charge in [-0.25, -0.2) is 4.68 Å². The van der Waals surface area contributed by atoms with Crippen molar-refractivity contribution in [1.82, 2.24) is 20.0 Å². The van der Waals surface area contributed by atoms with Crippen LogP contribution in [-0.4, -0.2) is 52.8 Å². The normalized spacial score (nSPS) is 11.1. The molecule has 2 rings (SSSR count). The van der Waals surface area contributed by atoms with Gasteiger partial charge in [0.15, 0.2) is 5.96 Å². The predicted octanol–water partition coefficient (Wildman–Crippen LogP) is 4.03. The van der Waals surface area contributed by atoms with Gasteiger partial charge in [-0.15, -0.1) is 24.0 Å². The Bertz CT molecular complexity index is 644. The zero-order valence-corrected chi connectivity index (χ0v) is 19.0. The molecule has 0 unspecified atom stereocenters. The number of aliphatic imine (C=N–C) groups is 1. The van der Waals surface area contributed by atoms with E-state index in [1.807, 2.05) is 40.8 Å². The lowest BCUT2D eigenvalue weighted by Crippen LogP contribution is -2.38. The molecule has 0 atom stereocenters. The van der Waals surface area contributed by atoms with E-state index in [-0.39, 0.29) is 24.0 Å². The van der Waals surface area contributed by atoms with Gasteiger partial charge in [0.2, 0.25) is 0 Å². The molecule has 26 heavy (non-hydrogen) atoms. The fourth-order valence-electron chi connectivity index (χ4n) is 2.53. The third-order valence-electron chi connectivity index (χ3n) is 3.79. The van der Waals surface area contributed by atoms with Crippen LogP contribution in [0.5, 0.6) is 0 Å². The third-order valence-corrected chi connectivity index (χ3v) is 4.49. The molecule has 7 heteroatoms. The van der Waals surface area contributed by atoms with Crippen LogP contribution in [0.1, 0.15) is 25.3 Å². The average Bonchev–Trinajstić information content (AvgIpc) is 3.10. The van der Waals surface area contributed by atoms with Crippen LogP contribution < -0.4 is 5.32 Å². The first-order valence-corrected chi connectivity index (χ1v) is 10.2. The topological polar surface area (TPSA) is 45.5 Å². The number of hydrogen-bond acceptors (Lipinski definition) is 3. The number of para-hydroxylation sites is 1. The number of guanidine groups is 1. The second-order valence-electron chi connectivity index (χ2n) is 5.92. The summed E-state index contributed by atoms with van der Waals surface area (Å²) in [6, 6.07) is 10.2. The van der Waals surface area contributed by atoms with Gasteiger partial charge in [-0.05, 0) is 43.9 Å². The standard InChI is InChI=1S/C19H29N5S.HI/c1-4-20-19(21-12-8-9-13-25-3)23(2)15-17-14-22-24(16-17)18-10-6-5-7-11-18;/h5-7,10-11,14,16H,4,8-9,12-13,15H2,1-3H3,(H,20,21);1H. The minimum atomic E-state index is 0. The summed E-state index contributed by atoms with van der Waals surface area (Å²) in [5, 5.41) is 7.84. The molecular formula is C19H30IN5S. The van der Waals surface area contributed by atoms with Gasteiger partial charge in [-0.3, -0.25) is 4.99 Å². The van der Waals surface area contributed by atoms with Crippen molar-refractivity contribution in [3.8, 4) is 5.69 Å². The summed E-state index contributed by atoms with van der Waals surface area (Å²) in [6.45, 7) is 4.63. The maximum absolute atomic E-state index is 4.74. The first-order chi connectivity index (χ1) is 12.2. The van der Waals surface area contributed by atoms with E-state index in [2.05, 4.69) is 53.9 Å². The molecule has 0 saturated heterocycles. The molecule has 0 spiro atoms. The van der Waals surface area contributed by atoms with Crippen LogP contribution in [0.15, 0.2) is 47.7 Å². The number of thioether (sulfide) groups is 1. The first kappa shape index (κ1) is 22.8. The molecule has 1 aromatic carbocycles. The molecule has 0 aliphatic heterocycles. The van der Waals surface area contributed by atoms with E-state index in [1.54, 1.807) is 0 Å². The van der Waals surface area contributed by atoms with Crippen molar-refractivity contribution in [1.29, 1.82) is 0 Å². The lowest BCUT2D eigenvalue weighted by atomic mass is 10.3. The fourth-order valence-corrected chi connectivity index (χ4v) is 3.02. The van der Waals surface area contributed by atoms with Crippen LogP contribution >= 0.6 is 35.7 Å². The number of hydrogen-bond donors (Lipinski definition) is 1. The number of benzene rings is 1. The zero-order valence-electron chi connectivity index (χ0n) is 15.9. The summed E-state index contributed by atoms with van der Waals surface area (Å²) >= 11 is 1.90. The summed E-state index contributed by atoms with van der Waals surface area (Å²) in [5.74, 6) is 2.17. The van der Waals surface area contributed by atoms with E-state index in [4.69, 9.17) is 4.99 Å². The number of nitrogens with one attached hydrogen (secondary N) is 1. The Morgan fingerprint density at radius 3 is 2.73 bits per heavy atom. The molecule has 0 saturated carbocycles. The van der Waals surface area contributed by atoms with Crippen molar-refractivity contribution in [3.63, 3.8) is 0 Å². The lowest BCUT2D eigenvalue weighted by molar-refractivity contribution is 0.476. The molecule has 5 nitrogen and oxygen atoms in total. The Kier molecular flexibility index (Phi) is 11.4. The molecule has 0 aliphatic rings. The van der Waals surface area contributed by atoms with Crippen molar-refractivity contribution >= 4 is 41.7 Å². The minimum Gasteiger partial charge on any atom is -0.357 e. The molecule has 0 amide bonds. The van der Waals surface area contributed by atoms with E-state index in [1.165, 1.54) is 17.7 Å². The highest BCUT2D eigenvalue weighted by atomic mass is 127. The lowest BCUT2D eigenvalue weighted by Gasteiger charge is -2.21. The molecule has 0 bridgehead atoms. The summed E-state index contributed by atoms with van der Waals surface area (Å²) in [4.78, 5) is 6.90. The predicted molar refractivity (Wildman–Crippen MR) is 124 cm³/mol. The van der Waals surface area contributed by atoms with E-state index in [0.717, 1.165) is 37.7 Å². The maximum Gasteiger partial charge on any atom is 0.193 e. The Morgan fingerprint density at radius 1 is 1.27 bits per heavy atom. The van der Waals surface area contributed by atoms with Crippen LogP contribution in [0, 0.1) is 0 Å². The monoisotopic (exact) mass is 487 g/mol. The Labute approximate surface area is 178 Å². The first-order valence-electron chi connectivity index (χ1n) is 8.82. The average molecular weight is 487 g/mol. The van der Waals surface area contributed by atoms with Gasteiger partial charge < -0.3 is 10.2 Å². The SMILES string of the molecule is CCNC(=NCCCCSC)N(C)Cc1cnn(-c2ccccc2)c1.I. The van der Waals surface area contributed by atoms with E-state index in [9.17, 15) is 0 Å². The Morgan fingerprint density at radius 2 is 2.04 bits per heavy atom. The highest BCUT2D eigenvalue weighted by Crippen LogP contribution is 2.09. The van der Waals surface area contributed by atoms with Gasteiger partial charge >= 0.3 is 0 Å². The largest absolute Gasteiger partial charge is 0.357 e. The maximum atomic E-state index is 4.74. The number of rotatable bonds is 9. The van der Waals surface area contributed by atoms with Gasteiger partial charge in [0.25, 0.3) is 0 Å². The fraction of sp³-hybridized carbons (Fsp3) is 0.474. The zero-order chi connectivity index (χ0) is 17.9. The van der Waals surface area contributed by atoms with Gasteiger partial charge in [0, 0.05) is 38.4 Å². The second kappa shape index (κ2) is 13.0. The number of unbranched alkanes of at least 4 members (excludes halogenated alkanes) is 1. The summed E-state index contributed by atoms with van der Waals surface area (Å²) in [6.07, 6.45) is 8.50. The van der Waals surface area contributed by atoms with Crippen LogP contribution in [0.25, 0.3) is 5.69 Å². The molecule has 1 aromatic heterocycles. The minimum absolute atomic E-state index is 0. The van der Waals surface area contributed by atoms with E-state index >= 15 is 0 Å². The molecule has 0 fully saturated rings. The van der Waals surface area contributed by atoms with Gasteiger partial charge in [-0.2, -0.15) is 16.9 Å². The van der Waals surface area contributed by atoms with Crippen LogP contribution in [-0.2, 0) is 6.54 Å². The second-order valence-corrected chi connectivity index (χ2v) is 6.91. The third kappa shape index (κ3) is 7.57. The van der Waals surface area contributed by atoms with Gasteiger partial charge in [0.1, 0.15) is 0 Å². The molecule has 0 radical (unpaired) electrons. The van der Waals surface area contributed by atoms with Crippen LogP contribution in [0.2, 0.25) is 0 Å². The van der Waals surface area contributed by atoms with Gasteiger partial charge in [-0.1, -0.05) is 18.2 Å². The molecule has 2 aromatic rings. The molecule has 144 valence electrons. The molecule has 0 aliphatic carbocycles. The number of nitrogens with zero attached hydrogens (tertiary/aromatic N) is 4. The van der Waals surface area contributed by atoms with Crippen molar-refractivity contribution in [3.05, 3.63) is 48.3 Å². The Hall–Kier alpha value is -1.22. The molecule has 1 N–H and O–H groups in total.